The van der Waals surface area contributed by atoms with Crippen molar-refractivity contribution in [2.24, 2.45) is 5.92 Å². The van der Waals surface area contributed by atoms with E-state index >= 15 is 0 Å². The number of anilines is 1. The molecule has 3 amide bonds. The molecular formula is C42H52N6O8S. The van der Waals surface area contributed by atoms with Gasteiger partial charge in [-0.2, -0.15) is 0 Å². The van der Waals surface area contributed by atoms with Gasteiger partial charge in [0.1, 0.15) is 47.0 Å². The van der Waals surface area contributed by atoms with E-state index in [1.54, 1.807) is 7.11 Å². The number of nitrogens with one attached hydrogen (secondary N) is 3. The van der Waals surface area contributed by atoms with Crippen molar-refractivity contribution in [3.8, 4) is 22.9 Å². The van der Waals surface area contributed by atoms with Crippen molar-refractivity contribution >= 4 is 51.2 Å². The number of carboxylic acids is 1. The summed E-state index contributed by atoms with van der Waals surface area (Å²) >= 11 is 1.53. The van der Waals surface area contributed by atoms with Crippen LogP contribution in [0.25, 0.3) is 22.3 Å². The van der Waals surface area contributed by atoms with Gasteiger partial charge < -0.3 is 40.2 Å². The molecule has 1 saturated heterocycles. The number of benzene rings is 1. The molecular weight excluding hydrogens is 749 g/mol. The van der Waals surface area contributed by atoms with Crippen molar-refractivity contribution in [3.63, 3.8) is 0 Å². The molecule has 1 aromatic carbocycles. The number of hydrogen-bond acceptors (Lipinski definition) is 11. The fourth-order valence-corrected chi connectivity index (χ4v) is 9.68. The van der Waals surface area contributed by atoms with Gasteiger partial charge >= 0.3 is 12.1 Å². The highest BCUT2D eigenvalue weighted by atomic mass is 32.1. The molecule has 15 heteroatoms. The number of carboxylic acid groups (broad SMARTS) is 1. The first kappa shape index (κ1) is 38.9. The van der Waals surface area contributed by atoms with E-state index in [9.17, 15) is 24.3 Å². The number of aromatic nitrogens is 2. The fraction of sp³-hybridized carbons (Fsp3) is 0.571. The van der Waals surface area contributed by atoms with Gasteiger partial charge in [-0.25, -0.2) is 19.6 Å². The highest BCUT2D eigenvalue weighted by molar-refractivity contribution is 7.14. The summed E-state index contributed by atoms with van der Waals surface area (Å²) in [6, 6.07) is 5.79. The zero-order chi connectivity index (χ0) is 39.5. The van der Waals surface area contributed by atoms with Gasteiger partial charge in [0.05, 0.1) is 24.9 Å². The van der Waals surface area contributed by atoms with Crippen LogP contribution in [0.1, 0.15) is 96.3 Å². The number of methoxy groups -OCH3 is 1. The molecule has 14 nitrogen and oxygen atoms in total. The van der Waals surface area contributed by atoms with E-state index in [1.807, 2.05) is 41.8 Å². The van der Waals surface area contributed by atoms with Gasteiger partial charge in [0.25, 0.3) is 0 Å². The van der Waals surface area contributed by atoms with Crippen LogP contribution < -0.4 is 25.4 Å². The highest BCUT2D eigenvalue weighted by Crippen LogP contribution is 2.45. The molecule has 3 aliphatic carbocycles. The molecule has 2 aromatic heterocycles. The van der Waals surface area contributed by atoms with Crippen molar-refractivity contribution in [2.75, 3.05) is 19.0 Å². The molecule has 0 bridgehead atoms. The average molecular weight is 801 g/mol. The molecule has 3 aromatic rings. The van der Waals surface area contributed by atoms with Gasteiger partial charge in [-0.05, 0) is 76.3 Å². The number of carbonyl (C=O) groups is 4. The quantitative estimate of drug-likeness (QED) is 0.172. The zero-order valence-corrected chi connectivity index (χ0v) is 33.2. The summed E-state index contributed by atoms with van der Waals surface area (Å²) in [4.78, 5) is 65.9. The Kier molecular flexibility index (Phi) is 11.5. The summed E-state index contributed by atoms with van der Waals surface area (Å²) in [5.74, 6) is -1.32. The van der Waals surface area contributed by atoms with Crippen LogP contribution >= 0.6 is 11.3 Å². The molecule has 0 spiro atoms. The number of amides is 3. The first-order valence-electron chi connectivity index (χ1n) is 20.6. The van der Waals surface area contributed by atoms with Crippen LogP contribution in [0.3, 0.4) is 0 Å². The molecule has 5 aliphatic rings. The Morgan fingerprint density at radius 3 is 2.54 bits per heavy atom. The molecule has 4 fully saturated rings. The van der Waals surface area contributed by atoms with Gasteiger partial charge in [-0.3, -0.25) is 9.59 Å². The van der Waals surface area contributed by atoms with Crippen LogP contribution in [0.2, 0.25) is 0 Å². The molecule has 8 rings (SSSR count). The third-order valence-electron chi connectivity index (χ3n) is 12.2. The fourth-order valence-electron chi connectivity index (χ4n) is 8.89. The van der Waals surface area contributed by atoms with E-state index in [0.717, 1.165) is 62.9 Å². The molecule has 5 atom stereocenters. The Bertz CT molecular complexity index is 2010. The monoisotopic (exact) mass is 800 g/mol. The van der Waals surface area contributed by atoms with Gasteiger partial charge in [0.2, 0.25) is 11.8 Å². The maximum atomic E-state index is 14.6. The molecule has 0 radical (unpaired) electrons. The Morgan fingerprint density at radius 2 is 1.75 bits per heavy atom. The lowest BCUT2D eigenvalue weighted by Gasteiger charge is -2.29. The molecule has 2 aliphatic heterocycles. The van der Waals surface area contributed by atoms with Crippen LogP contribution in [0.15, 0.2) is 41.8 Å². The SMILES string of the molecule is COc1ccc2c(O[C@@H]3C[C@H]4C(=O)N[C@]5(C(=O)O)CC5/C=C\CCCCC[C@H](NC(=O)OC5CCCC5)C(=O)N4C3)cc(-c3csc(NC4CCCC4)n3)nc2c1. The summed E-state index contributed by atoms with van der Waals surface area (Å²) in [5.41, 5.74) is 0.472. The first-order valence-corrected chi connectivity index (χ1v) is 21.4. The lowest BCUT2D eigenvalue weighted by atomic mass is 10.0. The standard InChI is InChI=1S/C42H52N6O8S/c1-54-28-17-18-30-32(19-28)44-33(34-24-57-40(45-34)43-26-12-7-8-13-26)21-36(30)55-29-20-35-37(49)47-42(39(51)52)22-25(42)11-5-3-2-4-6-16-31(38(50)48(35)23-29)46-41(53)56-27-14-9-10-15-27/h5,11,17-19,21,24-27,29,31,35H,2-4,6-10,12-16,20,22-23H2,1H3,(H,43,45)(H,46,53)(H,47,49)(H,51,52)/b11-5-/t25?,29-,31+,35+,42-/m1/s1. The molecule has 57 heavy (non-hydrogen) atoms. The maximum Gasteiger partial charge on any atom is 0.408 e. The van der Waals surface area contributed by atoms with E-state index in [0.29, 0.717) is 52.7 Å². The van der Waals surface area contributed by atoms with Crippen LogP contribution in [-0.2, 0) is 19.1 Å². The number of hydrogen-bond donors (Lipinski definition) is 4. The summed E-state index contributed by atoms with van der Waals surface area (Å²) < 4.78 is 18.0. The highest BCUT2D eigenvalue weighted by Gasteiger charge is 2.61. The number of allylic oxidation sites excluding steroid dienone is 1. The topological polar surface area (TPSA) is 181 Å². The third kappa shape index (κ3) is 8.68. The Morgan fingerprint density at radius 1 is 0.965 bits per heavy atom. The number of thiazole rings is 1. The van der Waals surface area contributed by atoms with E-state index in [-0.39, 0.29) is 31.4 Å². The molecule has 304 valence electrons. The van der Waals surface area contributed by atoms with Gasteiger partial charge in [-0.1, -0.05) is 37.8 Å². The predicted octanol–water partition coefficient (Wildman–Crippen LogP) is 6.59. The van der Waals surface area contributed by atoms with Gasteiger partial charge in [0, 0.05) is 41.3 Å². The third-order valence-corrected chi connectivity index (χ3v) is 13.0. The molecule has 1 unspecified atom stereocenters. The van der Waals surface area contributed by atoms with Crippen LogP contribution in [-0.4, -0.2) is 93.4 Å². The van der Waals surface area contributed by atoms with Crippen molar-refractivity contribution < 1.29 is 38.5 Å². The summed E-state index contributed by atoms with van der Waals surface area (Å²) in [5, 5.41) is 23.0. The number of alkyl carbamates (subject to hydrolysis) is 1. The second-order valence-corrected chi connectivity index (χ2v) is 17.0. The molecule has 4 N–H and O–H groups in total. The van der Waals surface area contributed by atoms with Crippen LogP contribution in [0, 0.1) is 5.92 Å². The van der Waals surface area contributed by atoms with Gasteiger partial charge in [-0.15, -0.1) is 11.3 Å². The second-order valence-electron chi connectivity index (χ2n) is 16.2. The average Bonchev–Trinajstić information content (AvgIpc) is 3.85. The largest absolute Gasteiger partial charge is 0.497 e. The summed E-state index contributed by atoms with van der Waals surface area (Å²) in [6.07, 6.45) is 14.4. The van der Waals surface area contributed by atoms with Gasteiger partial charge in [0.15, 0.2) is 5.13 Å². The van der Waals surface area contributed by atoms with Crippen molar-refractivity contribution in [1.82, 2.24) is 25.5 Å². The Labute approximate surface area is 336 Å². The number of carbonyl (C=O) groups excluding carboxylic acids is 3. The minimum atomic E-state index is -1.45. The number of rotatable bonds is 9. The Hall–Kier alpha value is -4.92. The van der Waals surface area contributed by atoms with Crippen LogP contribution in [0.5, 0.6) is 11.5 Å². The van der Waals surface area contributed by atoms with E-state index in [2.05, 4.69) is 16.0 Å². The number of fused-ring (bicyclic) bond motifs is 3. The zero-order valence-electron chi connectivity index (χ0n) is 32.4. The van der Waals surface area contributed by atoms with E-state index in [4.69, 9.17) is 24.2 Å². The lowest BCUT2D eigenvalue weighted by Crippen LogP contribution is -2.56. The number of ether oxygens (including phenoxy) is 3. The van der Waals surface area contributed by atoms with Crippen LogP contribution in [0.4, 0.5) is 9.93 Å². The molecule has 3 saturated carbocycles. The lowest BCUT2D eigenvalue weighted by molar-refractivity contribution is -0.145. The van der Waals surface area contributed by atoms with E-state index in [1.165, 1.54) is 29.1 Å². The Balaban J connectivity index is 1.09. The number of nitrogens with zero attached hydrogens (tertiary/aromatic N) is 3. The van der Waals surface area contributed by atoms with Crippen molar-refractivity contribution in [1.29, 1.82) is 0 Å². The molecule has 4 heterocycles. The predicted molar refractivity (Wildman–Crippen MR) is 214 cm³/mol. The number of aliphatic carboxylic acids is 1. The minimum absolute atomic E-state index is 0.0393. The van der Waals surface area contributed by atoms with Crippen molar-refractivity contribution in [3.05, 3.63) is 41.8 Å². The smallest absolute Gasteiger partial charge is 0.408 e. The first-order chi connectivity index (χ1) is 27.7. The normalized spacial score (nSPS) is 27.8. The summed E-state index contributed by atoms with van der Waals surface area (Å²) in [7, 11) is 1.59. The summed E-state index contributed by atoms with van der Waals surface area (Å²) in [6.45, 7) is 0.0393. The van der Waals surface area contributed by atoms with Crippen molar-refractivity contribution in [2.45, 2.75) is 132 Å². The van der Waals surface area contributed by atoms with E-state index < -0.39 is 47.6 Å². The number of pyridine rings is 1. The maximum absolute atomic E-state index is 14.6. The minimum Gasteiger partial charge on any atom is -0.497 e. The second kappa shape index (κ2) is 16.9.